The molecule has 0 radical (unpaired) electrons. The molecular formula is C11H17NO. The smallest absolute Gasteiger partial charge is 0.0916 e. The Balaban J connectivity index is 2.66. The molecule has 13 heavy (non-hydrogen) atoms. The Bertz CT molecular complexity index is 253. The monoisotopic (exact) mass is 179 g/mol. The highest BCUT2D eigenvalue weighted by Gasteiger charge is 2.07. The molecule has 0 aliphatic carbocycles. The van der Waals surface area contributed by atoms with Crippen LogP contribution in [0.25, 0.3) is 0 Å². The second-order valence-electron chi connectivity index (χ2n) is 3.69. The van der Waals surface area contributed by atoms with Gasteiger partial charge in [0.1, 0.15) is 0 Å². The van der Waals surface area contributed by atoms with Crippen LogP contribution in [-0.2, 0) is 0 Å². The lowest BCUT2D eigenvalue weighted by Crippen LogP contribution is -2.19. The minimum atomic E-state index is -0.379. The molecule has 1 aromatic carbocycles. The number of hydrogen-bond acceptors (Lipinski definition) is 2. The molecule has 0 saturated carbocycles. The Morgan fingerprint density at radius 1 is 1.23 bits per heavy atom. The topological polar surface area (TPSA) is 23.5 Å². The molecule has 72 valence electrons. The molecule has 2 nitrogen and oxygen atoms in total. The normalized spacial score (nSPS) is 13.3. The average molecular weight is 179 g/mol. The van der Waals surface area contributed by atoms with Crippen LogP contribution in [0, 0.1) is 6.92 Å². The minimum absolute atomic E-state index is 0.379. The largest absolute Gasteiger partial charge is 0.387 e. The van der Waals surface area contributed by atoms with E-state index in [9.17, 15) is 5.11 Å². The average Bonchev–Trinajstić information content (AvgIpc) is 2.04. The fourth-order valence-electron chi connectivity index (χ4n) is 1.24. The van der Waals surface area contributed by atoms with E-state index >= 15 is 0 Å². The molecule has 0 spiro atoms. The molecular weight excluding hydrogens is 162 g/mol. The van der Waals surface area contributed by atoms with Gasteiger partial charge in [-0.25, -0.2) is 0 Å². The van der Waals surface area contributed by atoms with Crippen molar-refractivity contribution >= 4 is 0 Å². The standard InChI is InChI=1S/C11H17NO/c1-9-4-6-10(7-5-9)11(13)8-12(2)3/h4-7,11,13H,8H2,1-3H3. The van der Waals surface area contributed by atoms with Crippen LogP contribution in [0.2, 0.25) is 0 Å². The van der Waals surface area contributed by atoms with Gasteiger partial charge >= 0.3 is 0 Å². The first-order chi connectivity index (χ1) is 6.09. The van der Waals surface area contributed by atoms with Crippen molar-refractivity contribution in [3.63, 3.8) is 0 Å². The highest BCUT2D eigenvalue weighted by atomic mass is 16.3. The lowest BCUT2D eigenvalue weighted by molar-refractivity contribution is 0.138. The zero-order chi connectivity index (χ0) is 9.84. The Morgan fingerprint density at radius 2 is 1.77 bits per heavy atom. The number of aryl methyl sites for hydroxylation is 1. The first kappa shape index (κ1) is 10.2. The summed E-state index contributed by atoms with van der Waals surface area (Å²) in [7, 11) is 3.91. The molecule has 1 atom stereocenters. The summed E-state index contributed by atoms with van der Waals surface area (Å²) in [6, 6.07) is 8.00. The van der Waals surface area contributed by atoms with Gasteiger partial charge in [-0.3, -0.25) is 0 Å². The molecule has 0 aromatic heterocycles. The van der Waals surface area contributed by atoms with Crippen molar-refractivity contribution in [1.82, 2.24) is 4.90 Å². The fourth-order valence-corrected chi connectivity index (χ4v) is 1.24. The molecule has 1 aromatic rings. The van der Waals surface area contributed by atoms with Gasteiger partial charge in [0, 0.05) is 6.54 Å². The summed E-state index contributed by atoms with van der Waals surface area (Å²) in [6.07, 6.45) is -0.379. The van der Waals surface area contributed by atoms with E-state index in [1.807, 2.05) is 50.2 Å². The Morgan fingerprint density at radius 3 is 2.23 bits per heavy atom. The van der Waals surface area contributed by atoms with Crippen LogP contribution in [0.3, 0.4) is 0 Å². The predicted octanol–water partition coefficient (Wildman–Crippen LogP) is 1.59. The van der Waals surface area contributed by atoms with Gasteiger partial charge in [-0.05, 0) is 26.6 Å². The lowest BCUT2D eigenvalue weighted by Gasteiger charge is -2.16. The summed E-state index contributed by atoms with van der Waals surface area (Å²) < 4.78 is 0. The van der Waals surface area contributed by atoms with E-state index < -0.39 is 0 Å². The maximum absolute atomic E-state index is 9.74. The third-order valence-electron chi connectivity index (χ3n) is 2.00. The fraction of sp³-hybridized carbons (Fsp3) is 0.455. The molecule has 0 heterocycles. The highest BCUT2D eigenvalue weighted by molar-refractivity contribution is 5.23. The Hall–Kier alpha value is -0.860. The van der Waals surface area contributed by atoms with Gasteiger partial charge < -0.3 is 10.0 Å². The van der Waals surface area contributed by atoms with Gasteiger partial charge in [-0.2, -0.15) is 0 Å². The SMILES string of the molecule is Cc1ccc(C(O)CN(C)C)cc1. The van der Waals surface area contributed by atoms with Crippen LogP contribution >= 0.6 is 0 Å². The maximum atomic E-state index is 9.74. The number of likely N-dealkylation sites (N-methyl/N-ethyl adjacent to an activating group) is 1. The van der Waals surface area contributed by atoms with Crippen molar-refractivity contribution in [2.75, 3.05) is 20.6 Å². The first-order valence-corrected chi connectivity index (χ1v) is 4.49. The van der Waals surface area contributed by atoms with E-state index in [2.05, 4.69) is 0 Å². The molecule has 1 rings (SSSR count). The highest BCUT2D eigenvalue weighted by Crippen LogP contribution is 2.13. The third kappa shape index (κ3) is 3.17. The summed E-state index contributed by atoms with van der Waals surface area (Å²) in [5.41, 5.74) is 2.21. The predicted molar refractivity (Wildman–Crippen MR) is 54.7 cm³/mol. The summed E-state index contributed by atoms with van der Waals surface area (Å²) in [5, 5.41) is 9.74. The minimum Gasteiger partial charge on any atom is -0.387 e. The van der Waals surface area contributed by atoms with Crippen molar-refractivity contribution in [2.45, 2.75) is 13.0 Å². The molecule has 1 N–H and O–H groups in total. The van der Waals surface area contributed by atoms with E-state index in [0.29, 0.717) is 6.54 Å². The van der Waals surface area contributed by atoms with E-state index in [-0.39, 0.29) is 6.10 Å². The van der Waals surface area contributed by atoms with Crippen LogP contribution in [-0.4, -0.2) is 30.6 Å². The molecule has 1 unspecified atom stereocenters. The molecule has 0 fully saturated rings. The zero-order valence-electron chi connectivity index (χ0n) is 8.49. The van der Waals surface area contributed by atoms with Crippen molar-refractivity contribution in [1.29, 1.82) is 0 Å². The summed E-state index contributed by atoms with van der Waals surface area (Å²) in [4.78, 5) is 1.98. The number of aliphatic hydroxyl groups excluding tert-OH is 1. The van der Waals surface area contributed by atoms with Crippen LogP contribution in [0.4, 0.5) is 0 Å². The Kier molecular flexibility index (Phi) is 3.46. The first-order valence-electron chi connectivity index (χ1n) is 4.49. The van der Waals surface area contributed by atoms with Crippen LogP contribution in [0.1, 0.15) is 17.2 Å². The van der Waals surface area contributed by atoms with Gasteiger partial charge in [0.25, 0.3) is 0 Å². The molecule has 0 saturated heterocycles. The summed E-state index contributed by atoms with van der Waals surface area (Å²) in [6.45, 7) is 2.71. The molecule has 0 aliphatic heterocycles. The summed E-state index contributed by atoms with van der Waals surface area (Å²) in [5.74, 6) is 0. The zero-order valence-corrected chi connectivity index (χ0v) is 8.49. The molecule has 0 bridgehead atoms. The van der Waals surface area contributed by atoms with Crippen molar-refractivity contribution in [3.8, 4) is 0 Å². The Labute approximate surface area is 79.8 Å². The van der Waals surface area contributed by atoms with E-state index in [1.165, 1.54) is 5.56 Å². The van der Waals surface area contributed by atoms with E-state index in [4.69, 9.17) is 0 Å². The van der Waals surface area contributed by atoms with Crippen LogP contribution in [0.15, 0.2) is 24.3 Å². The van der Waals surface area contributed by atoms with Gasteiger partial charge in [0.2, 0.25) is 0 Å². The number of hydrogen-bond donors (Lipinski definition) is 1. The lowest BCUT2D eigenvalue weighted by atomic mass is 10.1. The van der Waals surface area contributed by atoms with E-state index in [0.717, 1.165) is 5.56 Å². The van der Waals surface area contributed by atoms with Crippen molar-refractivity contribution in [2.24, 2.45) is 0 Å². The number of benzene rings is 1. The van der Waals surface area contributed by atoms with Gasteiger partial charge in [0.15, 0.2) is 0 Å². The molecule has 0 aliphatic rings. The van der Waals surface area contributed by atoms with E-state index in [1.54, 1.807) is 0 Å². The quantitative estimate of drug-likeness (QED) is 0.761. The molecule has 2 heteroatoms. The summed E-state index contributed by atoms with van der Waals surface area (Å²) >= 11 is 0. The van der Waals surface area contributed by atoms with Gasteiger partial charge in [-0.1, -0.05) is 29.8 Å². The third-order valence-corrected chi connectivity index (χ3v) is 2.00. The molecule has 0 amide bonds. The number of aliphatic hydroxyl groups is 1. The van der Waals surface area contributed by atoms with Gasteiger partial charge in [-0.15, -0.1) is 0 Å². The van der Waals surface area contributed by atoms with Crippen molar-refractivity contribution in [3.05, 3.63) is 35.4 Å². The van der Waals surface area contributed by atoms with Crippen LogP contribution < -0.4 is 0 Å². The second-order valence-corrected chi connectivity index (χ2v) is 3.69. The van der Waals surface area contributed by atoms with Gasteiger partial charge in [0.05, 0.1) is 6.10 Å². The second kappa shape index (κ2) is 4.40. The van der Waals surface area contributed by atoms with Crippen LogP contribution in [0.5, 0.6) is 0 Å². The number of nitrogens with zero attached hydrogens (tertiary/aromatic N) is 1. The number of rotatable bonds is 3. The maximum Gasteiger partial charge on any atom is 0.0916 e. The van der Waals surface area contributed by atoms with Crippen molar-refractivity contribution < 1.29 is 5.11 Å².